The Labute approximate surface area is 232 Å². The maximum Gasteiger partial charge on any atom is 0.293 e. The van der Waals surface area contributed by atoms with E-state index < -0.39 is 0 Å². The van der Waals surface area contributed by atoms with Crippen molar-refractivity contribution in [3.63, 3.8) is 0 Å². The van der Waals surface area contributed by atoms with Crippen molar-refractivity contribution >= 4 is 40.6 Å². The highest BCUT2D eigenvalue weighted by Gasteiger charge is 2.35. The Morgan fingerprint density at radius 2 is 1.76 bits per heavy atom. The second kappa shape index (κ2) is 12.4. The molecule has 0 N–H and O–H groups in total. The van der Waals surface area contributed by atoms with E-state index in [0.29, 0.717) is 27.3 Å². The SMILES string of the molecule is COc1cc(/C=C2\SC(=O)N(CCOc3cc(C)ccc3C(C)C)C2=O)ccc1OCc1ccccc1Cl. The summed E-state index contributed by atoms with van der Waals surface area (Å²) in [6, 6.07) is 18.9. The van der Waals surface area contributed by atoms with Crippen LogP contribution in [0.2, 0.25) is 5.02 Å². The number of rotatable bonds is 10. The van der Waals surface area contributed by atoms with Gasteiger partial charge in [0.25, 0.3) is 11.1 Å². The summed E-state index contributed by atoms with van der Waals surface area (Å²) in [4.78, 5) is 27.2. The molecule has 1 fully saturated rings. The quantitative estimate of drug-likeness (QED) is 0.243. The Bertz CT molecular complexity index is 1370. The highest BCUT2D eigenvalue weighted by atomic mass is 35.5. The first-order chi connectivity index (χ1) is 18.3. The average Bonchev–Trinajstić information content (AvgIpc) is 3.15. The van der Waals surface area contributed by atoms with E-state index in [9.17, 15) is 9.59 Å². The van der Waals surface area contributed by atoms with E-state index >= 15 is 0 Å². The zero-order valence-electron chi connectivity index (χ0n) is 21.8. The molecule has 0 aromatic heterocycles. The maximum absolute atomic E-state index is 13.0. The molecule has 0 bridgehead atoms. The molecule has 0 unspecified atom stereocenters. The van der Waals surface area contributed by atoms with E-state index in [-0.39, 0.29) is 30.9 Å². The van der Waals surface area contributed by atoms with E-state index in [4.69, 9.17) is 25.8 Å². The van der Waals surface area contributed by atoms with Gasteiger partial charge in [0.05, 0.1) is 18.6 Å². The van der Waals surface area contributed by atoms with Crippen molar-refractivity contribution in [2.24, 2.45) is 0 Å². The highest BCUT2D eigenvalue weighted by molar-refractivity contribution is 8.18. The standard InChI is InChI=1S/C30H30ClNO5S/c1-19(2)23-11-9-20(3)15-26(23)36-14-13-32-29(33)28(38-30(32)34)17-21-10-12-25(27(16-21)35-4)37-18-22-7-5-6-8-24(22)31/h5-12,15-17,19H,13-14,18H2,1-4H3/b28-17-. The van der Waals surface area contributed by atoms with Crippen LogP contribution >= 0.6 is 23.4 Å². The minimum atomic E-state index is -0.338. The molecule has 1 aliphatic rings. The summed E-state index contributed by atoms with van der Waals surface area (Å²) in [5.41, 5.74) is 3.77. The number of amides is 2. The number of hydrogen-bond acceptors (Lipinski definition) is 6. The Morgan fingerprint density at radius 3 is 2.50 bits per heavy atom. The molecule has 8 heteroatoms. The van der Waals surface area contributed by atoms with E-state index in [1.165, 1.54) is 4.90 Å². The minimum Gasteiger partial charge on any atom is -0.493 e. The lowest BCUT2D eigenvalue weighted by molar-refractivity contribution is -0.123. The van der Waals surface area contributed by atoms with Gasteiger partial charge in [-0.15, -0.1) is 0 Å². The molecule has 0 radical (unpaired) electrons. The van der Waals surface area contributed by atoms with Crippen molar-refractivity contribution in [3.8, 4) is 17.2 Å². The Balaban J connectivity index is 1.41. The van der Waals surface area contributed by atoms with Gasteiger partial charge in [0.1, 0.15) is 19.0 Å². The first-order valence-electron chi connectivity index (χ1n) is 12.3. The molecule has 1 aliphatic heterocycles. The number of halogens is 1. The predicted molar refractivity (Wildman–Crippen MR) is 152 cm³/mol. The number of carbonyl (C=O) groups excluding carboxylic acids is 2. The molecule has 1 saturated heterocycles. The number of carbonyl (C=O) groups is 2. The molecule has 3 aromatic rings. The fourth-order valence-corrected chi connectivity index (χ4v) is 5.05. The van der Waals surface area contributed by atoms with Gasteiger partial charge in [-0.25, -0.2) is 0 Å². The second-order valence-electron chi connectivity index (χ2n) is 9.17. The van der Waals surface area contributed by atoms with Gasteiger partial charge in [0.2, 0.25) is 0 Å². The topological polar surface area (TPSA) is 65.1 Å². The van der Waals surface area contributed by atoms with Crippen molar-refractivity contribution in [3.05, 3.63) is 92.8 Å². The monoisotopic (exact) mass is 551 g/mol. The molecule has 1 heterocycles. The first kappa shape index (κ1) is 27.6. The predicted octanol–water partition coefficient (Wildman–Crippen LogP) is 7.47. The average molecular weight is 552 g/mol. The molecule has 0 atom stereocenters. The van der Waals surface area contributed by atoms with Gasteiger partial charge in [-0.1, -0.05) is 61.8 Å². The van der Waals surface area contributed by atoms with Crippen LogP contribution in [-0.2, 0) is 11.4 Å². The summed E-state index contributed by atoms with van der Waals surface area (Å²) in [7, 11) is 1.55. The van der Waals surface area contributed by atoms with Gasteiger partial charge in [-0.05, 0) is 71.6 Å². The summed E-state index contributed by atoms with van der Waals surface area (Å²) in [6.45, 7) is 6.89. The normalized spacial score (nSPS) is 14.5. The molecule has 4 rings (SSSR count). The van der Waals surface area contributed by atoms with E-state index in [1.54, 1.807) is 25.3 Å². The van der Waals surface area contributed by atoms with Crippen LogP contribution in [-0.4, -0.2) is 36.3 Å². The van der Waals surface area contributed by atoms with Gasteiger partial charge < -0.3 is 14.2 Å². The summed E-state index contributed by atoms with van der Waals surface area (Å²) < 4.78 is 17.4. The molecule has 198 valence electrons. The van der Waals surface area contributed by atoms with Crippen LogP contribution < -0.4 is 14.2 Å². The fraction of sp³-hybridized carbons (Fsp3) is 0.267. The van der Waals surface area contributed by atoms with Crippen LogP contribution in [0, 0.1) is 6.92 Å². The van der Waals surface area contributed by atoms with Crippen LogP contribution in [0.3, 0.4) is 0 Å². The Hall–Kier alpha value is -3.42. The second-order valence-corrected chi connectivity index (χ2v) is 10.6. The number of imide groups is 1. The van der Waals surface area contributed by atoms with Gasteiger partial charge in [-0.3, -0.25) is 14.5 Å². The minimum absolute atomic E-state index is 0.172. The number of thioether (sulfide) groups is 1. The number of hydrogen-bond donors (Lipinski definition) is 0. The maximum atomic E-state index is 13.0. The van der Waals surface area contributed by atoms with E-state index in [0.717, 1.165) is 39.8 Å². The lowest BCUT2D eigenvalue weighted by atomic mass is 10.0. The van der Waals surface area contributed by atoms with Crippen LogP contribution in [0.15, 0.2) is 65.6 Å². The molecular weight excluding hydrogens is 522 g/mol. The summed E-state index contributed by atoms with van der Waals surface area (Å²) in [6.07, 6.45) is 1.68. The molecule has 0 saturated carbocycles. The lowest BCUT2D eigenvalue weighted by Crippen LogP contribution is -2.32. The number of aryl methyl sites for hydroxylation is 1. The van der Waals surface area contributed by atoms with Crippen LogP contribution in [0.4, 0.5) is 4.79 Å². The number of benzene rings is 3. The first-order valence-corrected chi connectivity index (χ1v) is 13.5. The fourth-order valence-electron chi connectivity index (χ4n) is 4.00. The van der Waals surface area contributed by atoms with Gasteiger partial charge >= 0.3 is 0 Å². The zero-order chi connectivity index (χ0) is 27.2. The van der Waals surface area contributed by atoms with Crippen molar-refractivity contribution in [2.75, 3.05) is 20.3 Å². The molecule has 6 nitrogen and oxygen atoms in total. The van der Waals surface area contributed by atoms with Crippen LogP contribution in [0.25, 0.3) is 6.08 Å². The summed E-state index contributed by atoms with van der Waals surface area (Å²) in [5.74, 6) is 1.81. The van der Waals surface area contributed by atoms with Crippen molar-refractivity contribution < 1.29 is 23.8 Å². The van der Waals surface area contributed by atoms with E-state index in [1.807, 2.05) is 43.3 Å². The largest absolute Gasteiger partial charge is 0.493 e. The molecular formula is C30H30ClNO5S. The molecule has 0 spiro atoms. The third kappa shape index (κ3) is 6.52. The van der Waals surface area contributed by atoms with Gasteiger partial charge in [0.15, 0.2) is 11.5 Å². The summed E-state index contributed by atoms with van der Waals surface area (Å²) in [5, 5.41) is 0.313. The Morgan fingerprint density at radius 1 is 0.974 bits per heavy atom. The number of nitrogens with zero attached hydrogens (tertiary/aromatic N) is 1. The smallest absolute Gasteiger partial charge is 0.293 e. The molecule has 2 amide bonds. The number of methoxy groups -OCH3 is 1. The zero-order valence-corrected chi connectivity index (χ0v) is 23.4. The number of ether oxygens (including phenoxy) is 3. The highest BCUT2D eigenvalue weighted by Crippen LogP contribution is 2.35. The molecule has 38 heavy (non-hydrogen) atoms. The molecule has 0 aliphatic carbocycles. The lowest BCUT2D eigenvalue weighted by Gasteiger charge is -2.17. The van der Waals surface area contributed by atoms with Crippen LogP contribution in [0.1, 0.15) is 42.0 Å². The van der Waals surface area contributed by atoms with Crippen molar-refractivity contribution in [2.45, 2.75) is 33.3 Å². The van der Waals surface area contributed by atoms with Crippen molar-refractivity contribution in [1.82, 2.24) is 4.90 Å². The van der Waals surface area contributed by atoms with Crippen LogP contribution in [0.5, 0.6) is 17.2 Å². The Kier molecular flexibility index (Phi) is 9.02. The third-order valence-electron chi connectivity index (χ3n) is 6.06. The molecule has 3 aromatic carbocycles. The van der Waals surface area contributed by atoms with Gasteiger partial charge in [0, 0.05) is 10.6 Å². The van der Waals surface area contributed by atoms with Gasteiger partial charge in [-0.2, -0.15) is 0 Å². The van der Waals surface area contributed by atoms with E-state index in [2.05, 4.69) is 26.0 Å². The third-order valence-corrected chi connectivity index (χ3v) is 7.34. The van der Waals surface area contributed by atoms with Crippen molar-refractivity contribution in [1.29, 1.82) is 0 Å². The summed E-state index contributed by atoms with van der Waals surface area (Å²) >= 11 is 7.13.